The molecule has 3 rings (SSSR count). The number of ether oxygens (including phenoxy) is 2. The molecule has 0 N–H and O–H groups in total. The van der Waals surface area contributed by atoms with Crippen LogP contribution in [0.25, 0.3) is 0 Å². The first-order valence-corrected chi connectivity index (χ1v) is 8.77. The number of carbonyl (C=O) groups excluding carboxylic acids is 1. The maximum absolute atomic E-state index is 12.1. The minimum absolute atomic E-state index is 0.00501. The summed E-state index contributed by atoms with van der Waals surface area (Å²) in [7, 11) is 0. The van der Waals surface area contributed by atoms with Crippen LogP contribution in [-0.4, -0.2) is 43.3 Å². The van der Waals surface area contributed by atoms with Gasteiger partial charge in [-0.2, -0.15) is 11.3 Å². The van der Waals surface area contributed by atoms with E-state index in [4.69, 9.17) is 9.47 Å². The summed E-state index contributed by atoms with van der Waals surface area (Å²) in [6.07, 6.45) is 3.66. The van der Waals surface area contributed by atoms with Gasteiger partial charge in [0.05, 0.1) is 5.92 Å². The van der Waals surface area contributed by atoms with Crippen molar-refractivity contribution in [1.82, 2.24) is 4.90 Å². The summed E-state index contributed by atoms with van der Waals surface area (Å²) in [5.74, 6) is 0.0529. The molecule has 5 heteroatoms. The lowest BCUT2D eigenvalue weighted by Crippen LogP contribution is -2.38. The summed E-state index contributed by atoms with van der Waals surface area (Å²) < 4.78 is 11.0. The fraction of sp³-hybridized carbons (Fsp3) is 0.688. The molecule has 0 amide bonds. The molecule has 0 spiro atoms. The van der Waals surface area contributed by atoms with Crippen molar-refractivity contribution in [2.24, 2.45) is 5.92 Å². The van der Waals surface area contributed by atoms with E-state index in [2.05, 4.69) is 21.7 Å². The molecule has 0 aliphatic carbocycles. The second-order valence-corrected chi connectivity index (χ2v) is 6.71. The zero-order valence-electron chi connectivity index (χ0n) is 12.3. The molecule has 0 aromatic carbocycles. The Morgan fingerprint density at radius 1 is 1.29 bits per heavy atom. The molecule has 0 bridgehead atoms. The number of nitrogens with zero attached hydrogens (tertiary/aromatic N) is 1. The van der Waals surface area contributed by atoms with E-state index in [1.165, 1.54) is 5.56 Å². The average molecular weight is 309 g/mol. The molecular weight excluding hydrogens is 286 g/mol. The lowest BCUT2D eigenvalue weighted by atomic mass is 10.0. The molecule has 21 heavy (non-hydrogen) atoms. The number of carbonyl (C=O) groups is 1. The third-order valence-corrected chi connectivity index (χ3v) is 5.09. The summed E-state index contributed by atoms with van der Waals surface area (Å²) in [4.78, 5) is 14.6. The Kier molecular flexibility index (Phi) is 5.27. The van der Waals surface area contributed by atoms with Crippen molar-refractivity contribution in [1.29, 1.82) is 0 Å². The van der Waals surface area contributed by atoms with E-state index in [1.54, 1.807) is 11.3 Å². The molecule has 0 unspecified atom stereocenters. The molecular formula is C16H23NO3S. The standard InChI is InChI=1S/C16H23NO3S/c18-16(14-3-8-19-9-4-14)20-15-1-6-17(7-2-15)11-13-5-10-21-12-13/h5,10,12,14-15H,1-4,6-9,11H2. The van der Waals surface area contributed by atoms with E-state index in [1.807, 2.05) is 0 Å². The van der Waals surface area contributed by atoms with Gasteiger partial charge in [0.1, 0.15) is 6.10 Å². The van der Waals surface area contributed by atoms with Crippen molar-refractivity contribution >= 4 is 17.3 Å². The van der Waals surface area contributed by atoms with Crippen LogP contribution in [0.4, 0.5) is 0 Å². The Hall–Kier alpha value is -0.910. The zero-order chi connectivity index (χ0) is 14.5. The minimum Gasteiger partial charge on any atom is -0.462 e. The van der Waals surface area contributed by atoms with Gasteiger partial charge in [-0.15, -0.1) is 0 Å². The quantitative estimate of drug-likeness (QED) is 0.802. The molecule has 3 heterocycles. The molecule has 0 atom stereocenters. The monoisotopic (exact) mass is 309 g/mol. The van der Waals surface area contributed by atoms with Gasteiger partial charge in [0.25, 0.3) is 0 Å². The second-order valence-electron chi connectivity index (χ2n) is 5.93. The lowest BCUT2D eigenvalue weighted by molar-refractivity contribution is -0.159. The molecule has 0 saturated carbocycles. The Balaban J connectivity index is 1.40. The molecule has 0 radical (unpaired) electrons. The number of esters is 1. The average Bonchev–Trinajstić information content (AvgIpc) is 3.03. The minimum atomic E-state index is -0.00501. The van der Waals surface area contributed by atoms with Crippen LogP contribution in [0.3, 0.4) is 0 Å². The van der Waals surface area contributed by atoms with Crippen molar-refractivity contribution in [3.63, 3.8) is 0 Å². The van der Waals surface area contributed by atoms with E-state index in [0.717, 1.165) is 45.3 Å². The lowest BCUT2D eigenvalue weighted by Gasteiger charge is -2.32. The predicted molar refractivity (Wildman–Crippen MR) is 82.3 cm³/mol. The van der Waals surface area contributed by atoms with E-state index < -0.39 is 0 Å². The van der Waals surface area contributed by atoms with E-state index >= 15 is 0 Å². The topological polar surface area (TPSA) is 38.8 Å². The highest BCUT2D eigenvalue weighted by atomic mass is 32.1. The van der Waals surface area contributed by atoms with Gasteiger partial charge < -0.3 is 9.47 Å². The molecule has 1 aromatic heterocycles. The van der Waals surface area contributed by atoms with Crippen LogP contribution in [-0.2, 0) is 20.8 Å². The maximum Gasteiger partial charge on any atom is 0.309 e. The number of hydrogen-bond acceptors (Lipinski definition) is 5. The number of piperidine rings is 1. The Morgan fingerprint density at radius 2 is 2.05 bits per heavy atom. The van der Waals surface area contributed by atoms with Gasteiger partial charge in [-0.1, -0.05) is 0 Å². The van der Waals surface area contributed by atoms with Crippen LogP contribution in [0.2, 0.25) is 0 Å². The molecule has 116 valence electrons. The van der Waals surface area contributed by atoms with Gasteiger partial charge in [0, 0.05) is 32.8 Å². The summed E-state index contributed by atoms with van der Waals surface area (Å²) in [5, 5.41) is 4.33. The third-order valence-electron chi connectivity index (χ3n) is 4.36. The predicted octanol–water partition coefficient (Wildman–Crippen LogP) is 2.68. The largest absolute Gasteiger partial charge is 0.462 e. The molecule has 2 fully saturated rings. The molecule has 2 saturated heterocycles. The van der Waals surface area contributed by atoms with Crippen LogP contribution in [0.5, 0.6) is 0 Å². The first-order valence-electron chi connectivity index (χ1n) is 7.83. The number of hydrogen-bond donors (Lipinski definition) is 0. The fourth-order valence-corrected chi connectivity index (χ4v) is 3.68. The third kappa shape index (κ3) is 4.28. The van der Waals surface area contributed by atoms with Crippen LogP contribution in [0, 0.1) is 5.92 Å². The van der Waals surface area contributed by atoms with Crippen LogP contribution in [0.1, 0.15) is 31.2 Å². The highest BCUT2D eigenvalue weighted by molar-refractivity contribution is 7.07. The van der Waals surface area contributed by atoms with E-state index in [9.17, 15) is 4.79 Å². The number of likely N-dealkylation sites (tertiary alicyclic amines) is 1. The van der Waals surface area contributed by atoms with Crippen molar-refractivity contribution in [3.05, 3.63) is 22.4 Å². The highest BCUT2D eigenvalue weighted by Gasteiger charge is 2.27. The van der Waals surface area contributed by atoms with Crippen molar-refractivity contribution in [3.8, 4) is 0 Å². The summed E-state index contributed by atoms with van der Waals surface area (Å²) in [6.45, 7) is 4.44. The fourth-order valence-electron chi connectivity index (χ4n) is 3.02. The SMILES string of the molecule is O=C(OC1CCN(Cc2ccsc2)CC1)C1CCOCC1. The van der Waals surface area contributed by atoms with Gasteiger partial charge in [-0.25, -0.2) is 0 Å². The van der Waals surface area contributed by atoms with Crippen LogP contribution in [0.15, 0.2) is 16.8 Å². The first-order chi connectivity index (χ1) is 10.3. The molecule has 2 aliphatic rings. The summed E-state index contributed by atoms with van der Waals surface area (Å²) in [5.41, 5.74) is 1.39. The highest BCUT2D eigenvalue weighted by Crippen LogP contribution is 2.21. The Morgan fingerprint density at radius 3 is 2.71 bits per heavy atom. The van der Waals surface area contributed by atoms with Crippen LogP contribution < -0.4 is 0 Å². The smallest absolute Gasteiger partial charge is 0.309 e. The normalized spacial score (nSPS) is 22.3. The first kappa shape index (κ1) is 15.0. The second kappa shape index (κ2) is 7.38. The van der Waals surface area contributed by atoms with Crippen LogP contribution >= 0.6 is 11.3 Å². The molecule has 1 aromatic rings. The van der Waals surface area contributed by atoms with E-state index in [-0.39, 0.29) is 18.0 Å². The van der Waals surface area contributed by atoms with Gasteiger partial charge in [0.15, 0.2) is 0 Å². The van der Waals surface area contributed by atoms with Crippen molar-refractivity contribution in [2.75, 3.05) is 26.3 Å². The van der Waals surface area contributed by atoms with Crippen molar-refractivity contribution < 1.29 is 14.3 Å². The van der Waals surface area contributed by atoms with Gasteiger partial charge in [-0.3, -0.25) is 9.69 Å². The van der Waals surface area contributed by atoms with Gasteiger partial charge in [0.2, 0.25) is 0 Å². The number of thiophene rings is 1. The zero-order valence-corrected chi connectivity index (χ0v) is 13.1. The van der Waals surface area contributed by atoms with E-state index in [0.29, 0.717) is 13.2 Å². The molecule has 4 nitrogen and oxygen atoms in total. The Labute approximate surface area is 130 Å². The molecule has 2 aliphatic heterocycles. The number of rotatable bonds is 4. The maximum atomic E-state index is 12.1. The summed E-state index contributed by atoms with van der Waals surface area (Å²) >= 11 is 1.75. The van der Waals surface area contributed by atoms with Gasteiger partial charge in [-0.05, 0) is 48.1 Å². The van der Waals surface area contributed by atoms with Gasteiger partial charge >= 0.3 is 5.97 Å². The Bertz CT molecular complexity index is 434. The van der Waals surface area contributed by atoms with Crippen molar-refractivity contribution in [2.45, 2.75) is 38.3 Å². The summed E-state index contributed by atoms with van der Waals surface area (Å²) in [6, 6.07) is 2.18.